The molecule has 4 aromatic rings. The van der Waals surface area contributed by atoms with Crippen LogP contribution in [0.4, 0.5) is 5.69 Å². The van der Waals surface area contributed by atoms with Crippen molar-refractivity contribution in [3.8, 4) is 22.4 Å². The van der Waals surface area contributed by atoms with Crippen LogP contribution in [0.15, 0.2) is 72.8 Å². The minimum absolute atomic E-state index is 0.0256. The quantitative estimate of drug-likeness (QED) is 0.303. The Kier molecular flexibility index (Phi) is 4.37. The summed E-state index contributed by atoms with van der Waals surface area (Å²) in [6, 6.07) is 21.4. The van der Waals surface area contributed by atoms with E-state index in [2.05, 4.69) is 4.98 Å². The van der Waals surface area contributed by atoms with Crippen molar-refractivity contribution in [2.45, 2.75) is 0 Å². The van der Waals surface area contributed by atoms with Crippen LogP contribution < -0.4 is 0 Å². The largest absolute Gasteiger partial charge is 0.465 e. The lowest BCUT2D eigenvalue weighted by Crippen LogP contribution is -2.00. The summed E-state index contributed by atoms with van der Waals surface area (Å²) in [5.74, 6) is -0.440. The van der Waals surface area contributed by atoms with Crippen LogP contribution in [-0.2, 0) is 4.74 Å². The molecule has 0 atom stereocenters. The van der Waals surface area contributed by atoms with Crippen molar-refractivity contribution in [3.63, 3.8) is 0 Å². The number of hydrogen-bond donors (Lipinski definition) is 1. The molecule has 28 heavy (non-hydrogen) atoms. The number of nitro groups is 1. The van der Waals surface area contributed by atoms with Crippen molar-refractivity contribution < 1.29 is 14.5 Å². The number of nitrogens with one attached hydrogen (secondary N) is 1. The molecular formula is C22H16N2O4. The molecule has 0 radical (unpaired) electrons. The first-order valence-electron chi connectivity index (χ1n) is 8.63. The average molecular weight is 372 g/mol. The fraction of sp³-hybridized carbons (Fsp3) is 0.0455. The zero-order valence-electron chi connectivity index (χ0n) is 15.0. The second-order valence-corrected chi connectivity index (χ2v) is 6.27. The molecule has 6 heteroatoms. The highest BCUT2D eigenvalue weighted by molar-refractivity contribution is 6.07. The number of fused-ring (bicyclic) bond motifs is 1. The van der Waals surface area contributed by atoms with Crippen molar-refractivity contribution in [1.29, 1.82) is 0 Å². The number of hydrogen-bond acceptors (Lipinski definition) is 4. The molecule has 0 fully saturated rings. The Bertz CT molecular complexity index is 1200. The highest BCUT2D eigenvalue weighted by atomic mass is 16.6. The first kappa shape index (κ1) is 17.5. The molecule has 3 aromatic carbocycles. The Morgan fingerprint density at radius 2 is 1.71 bits per heavy atom. The first-order valence-corrected chi connectivity index (χ1v) is 8.63. The topological polar surface area (TPSA) is 85.2 Å². The fourth-order valence-electron chi connectivity index (χ4n) is 3.39. The summed E-state index contributed by atoms with van der Waals surface area (Å²) in [5.41, 5.74) is 4.03. The van der Waals surface area contributed by atoms with Gasteiger partial charge in [-0.3, -0.25) is 10.1 Å². The lowest BCUT2D eigenvalue weighted by molar-refractivity contribution is -0.384. The van der Waals surface area contributed by atoms with Gasteiger partial charge >= 0.3 is 5.97 Å². The van der Waals surface area contributed by atoms with E-state index in [4.69, 9.17) is 4.74 Å². The van der Waals surface area contributed by atoms with Crippen LogP contribution in [0.5, 0.6) is 0 Å². The van der Waals surface area contributed by atoms with E-state index >= 15 is 0 Å². The Labute approximate surface area is 160 Å². The third kappa shape index (κ3) is 2.91. The third-order valence-electron chi connectivity index (χ3n) is 4.65. The molecule has 1 heterocycles. The monoisotopic (exact) mass is 372 g/mol. The molecule has 0 aliphatic rings. The molecule has 6 nitrogen and oxygen atoms in total. The second kappa shape index (κ2) is 7.00. The smallest absolute Gasteiger partial charge is 0.337 e. The van der Waals surface area contributed by atoms with E-state index < -0.39 is 5.97 Å². The molecular weight excluding hydrogens is 356 g/mol. The summed E-state index contributed by atoms with van der Waals surface area (Å²) >= 11 is 0. The number of carbonyl (C=O) groups excluding carboxylic acids is 1. The number of benzene rings is 3. The van der Waals surface area contributed by atoms with Gasteiger partial charge in [0.15, 0.2) is 0 Å². The Morgan fingerprint density at radius 1 is 1.00 bits per heavy atom. The molecule has 0 spiro atoms. The van der Waals surface area contributed by atoms with Gasteiger partial charge in [0.2, 0.25) is 0 Å². The number of esters is 1. The molecule has 0 amide bonds. The number of methoxy groups -OCH3 is 1. The standard InChI is InChI=1S/C22H16N2O4/c1-28-22(25)15-11-12-16-18(13-15)23-21(14-7-3-2-4-8-14)20(16)17-9-5-6-10-19(17)24(26)27/h2-13,23H,1H3. The van der Waals surface area contributed by atoms with Crippen LogP contribution in [0, 0.1) is 10.1 Å². The number of H-pyrrole nitrogens is 1. The zero-order valence-corrected chi connectivity index (χ0v) is 15.0. The van der Waals surface area contributed by atoms with Gasteiger partial charge in [-0.25, -0.2) is 4.79 Å². The molecule has 1 aromatic heterocycles. The molecule has 0 bridgehead atoms. The van der Waals surface area contributed by atoms with Gasteiger partial charge in [0, 0.05) is 22.5 Å². The molecule has 138 valence electrons. The SMILES string of the molecule is COC(=O)c1ccc2c(-c3ccccc3[N+](=O)[O-])c(-c3ccccc3)[nH]c2c1. The summed E-state index contributed by atoms with van der Waals surface area (Å²) in [5, 5.41) is 12.4. The average Bonchev–Trinajstić information content (AvgIpc) is 3.12. The van der Waals surface area contributed by atoms with Crippen molar-refractivity contribution in [2.24, 2.45) is 0 Å². The third-order valence-corrected chi connectivity index (χ3v) is 4.65. The van der Waals surface area contributed by atoms with Crippen LogP contribution in [0.1, 0.15) is 10.4 Å². The van der Waals surface area contributed by atoms with Crippen LogP contribution in [0.25, 0.3) is 33.3 Å². The maximum absolute atomic E-state index is 11.9. The van der Waals surface area contributed by atoms with E-state index in [1.165, 1.54) is 13.2 Å². The van der Waals surface area contributed by atoms with E-state index in [-0.39, 0.29) is 10.6 Å². The van der Waals surface area contributed by atoms with E-state index in [9.17, 15) is 14.9 Å². The Balaban J connectivity index is 2.06. The number of aromatic nitrogens is 1. The van der Waals surface area contributed by atoms with E-state index in [1.807, 2.05) is 30.3 Å². The second-order valence-electron chi connectivity index (χ2n) is 6.27. The van der Waals surface area contributed by atoms with Crippen molar-refractivity contribution in [2.75, 3.05) is 7.11 Å². The van der Waals surface area contributed by atoms with Crippen LogP contribution in [0.2, 0.25) is 0 Å². The number of aromatic amines is 1. The van der Waals surface area contributed by atoms with Gasteiger partial charge in [-0.05, 0) is 23.8 Å². The summed E-state index contributed by atoms with van der Waals surface area (Å²) < 4.78 is 4.80. The van der Waals surface area contributed by atoms with Crippen LogP contribution in [0.3, 0.4) is 0 Å². The maximum Gasteiger partial charge on any atom is 0.337 e. The highest BCUT2D eigenvalue weighted by Crippen LogP contribution is 2.42. The molecule has 0 aliphatic heterocycles. The van der Waals surface area contributed by atoms with Crippen LogP contribution >= 0.6 is 0 Å². The van der Waals surface area contributed by atoms with Gasteiger partial charge in [-0.15, -0.1) is 0 Å². The van der Waals surface area contributed by atoms with Gasteiger partial charge < -0.3 is 9.72 Å². The number of ether oxygens (including phenoxy) is 1. The number of nitro benzene ring substituents is 1. The molecule has 1 N–H and O–H groups in total. The van der Waals surface area contributed by atoms with Gasteiger partial charge in [0.05, 0.1) is 28.9 Å². The van der Waals surface area contributed by atoms with Crippen molar-refractivity contribution in [1.82, 2.24) is 4.98 Å². The summed E-state index contributed by atoms with van der Waals surface area (Å²) in [6.07, 6.45) is 0. The summed E-state index contributed by atoms with van der Waals surface area (Å²) in [4.78, 5) is 26.5. The predicted molar refractivity (Wildman–Crippen MR) is 107 cm³/mol. The van der Waals surface area contributed by atoms with E-state index in [0.29, 0.717) is 16.6 Å². The highest BCUT2D eigenvalue weighted by Gasteiger charge is 2.22. The maximum atomic E-state index is 11.9. The summed E-state index contributed by atoms with van der Waals surface area (Å²) in [6.45, 7) is 0. The number of nitrogens with zero attached hydrogens (tertiary/aromatic N) is 1. The lowest BCUT2D eigenvalue weighted by atomic mass is 9.96. The van der Waals surface area contributed by atoms with Gasteiger partial charge in [0.1, 0.15) is 0 Å². The normalized spacial score (nSPS) is 10.8. The Hall–Kier alpha value is -3.93. The minimum atomic E-state index is -0.440. The Morgan fingerprint density at radius 3 is 2.43 bits per heavy atom. The van der Waals surface area contributed by atoms with Crippen LogP contribution in [-0.4, -0.2) is 23.0 Å². The van der Waals surface area contributed by atoms with Crippen molar-refractivity contribution >= 4 is 22.6 Å². The molecule has 4 rings (SSSR count). The van der Waals surface area contributed by atoms with E-state index in [0.717, 1.165) is 22.2 Å². The van der Waals surface area contributed by atoms with Gasteiger partial charge in [0.25, 0.3) is 5.69 Å². The number of rotatable bonds is 4. The van der Waals surface area contributed by atoms with Gasteiger partial charge in [-0.2, -0.15) is 0 Å². The molecule has 0 unspecified atom stereocenters. The zero-order chi connectivity index (χ0) is 19.7. The predicted octanol–water partition coefficient (Wildman–Crippen LogP) is 5.20. The molecule has 0 aliphatic carbocycles. The molecule has 0 saturated carbocycles. The lowest BCUT2D eigenvalue weighted by Gasteiger charge is -2.07. The van der Waals surface area contributed by atoms with Gasteiger partial charge in [-0.1, -0.05) is 48.5 Å². The number of carbonyl (C=O) groups is 1. The number of para-hydroxylation sites is 1. The first-order chi connectivity index (χ1) is 13.6. The minimum Gasteiger partial charge on any atom is -0.465 e. The fourth-order valence-corrected chi connectivity index (χ4v) is 3.39. The van der Waals surface area contributed by atoms with E-state index in [1.54, 1.807) is 36.4 Å². The molecule has 0 saturated heterocycles. The summed E-state index contributed by atoms with van der Waals surface area (Å²) in [7, 11) is 1.33. The van der Waals surface area contributed by atoms with Crippen molar-refractivity contribution in [3.05, 3.63) is 88.5 Å².